The molecule has 1 N–H and O–H groups in total. The van der Waals surface area contributed by atoms with E-state index in [1.54, 1.807) is 6.07 Å². The summed E-state index contributed by atoms with van der Waals surface area (Å²) in [6.07, 6.45) is 0. The number of nitrogens with zero attached hydrogens (tertiary/aromatic N) is 1. The molecule has 22 heavy (non-hydrogen) atoms. The molecule has 0 radical (unpaired) electrons. The van der Waals surface area contributed by atoms with E-state index in [9.17, 15) is 0 Å². The lowest BCUT2D eigenvalue weighted by Crippen LogP contribution is -2.30. The normalized spacial score (nSPS) is 12.6. The van der Waals surface area contributed by atoms with Gasteiger partial charge >= 0.3 is 0 Å². The van der Waals surface area contributed by atoms with Crippen molar-refractivity contribution in [3.63, 3.8) is 0 Å². The summed E-state index contributed by atoms with van der Waals surface area (Å²) in [6, 6.07) is 14.6. The third-order valence-corrected chi connectivity index (χ3v) is 4.34. The zero-order valence-corrected chi connectivity index (χ0v) is 14.7. The van der Waals surface area contributed by atoms with Gasteiger partial charge in [-0.1, -0.05) is 59.1 Å². The van der Waals surface area contributed by atoms with Gasteiger partial charge in [-0.05, 0) is 44.3 Å². The van der Waals surface area contributed by atoms with Gasteiger partial charge in [0.1, 0.15) is 0 Å². The van der Waals surface area contributed by atoms with E-state index in [4.69, 9.17) is 23.2 Å². The second-order valence-electron chi connectivity index (χ2n) is 5.76. The van der Waals surface area contributed by atoms with Crippen molar-refractivity contribution in [2.75, 3.05) is 20.6 Å². The summed E-state index contributed by atoms with van der Waals surface area (Å²) in [5.41, 5.74) is 3.65. The number of hydrogen-bond acceptors (Lipinski definition) is 2. The van der Waals surface area contributed by atoms with E-state index >= 15 is 0 Å². The van der Waals surface area contributed by atoms with E-state index < -0.39 is 0 Å². The third kappa shape index (κ3) is 4.72. The van der Waals surface area contributed by atoms with Crippen molar-refractivity contribution in [1.82, 2.24) is 10.2 Å². The molecule has 1 unspecified atom stereocenters. The Morgan fingerprint density at radius 3 is 2.32 bits per heavy atom. The molecular formula is C18H22Cl2N2. The van der Waals surface area contributed by atoms with Crippen molar-refractivity contribution < 1.29 is 0 Å². The fourth-order valence-electron chi connectivity index (χ4n) is 2.40. The largest absolute Gasteiger partial charge is 0.311 e. The number of rotatable bonds is 6. The van der Waals surface area contributed by atoms with Crippen LogP contribution in [0.1, 0.15) is 22.7 Å². The Kier molecular flexibility index (Phi) is 6.27. The fourth-order valence-corrected chi connectivity index (χ4v) is 2.87. The lowest BCUT2D eigenvalue weighted by atomic mass is 10.0. The minimum atomic E-state index is 0.326. The van der Waals surface area contributed by atoms with Gasteiger partial charge in [0.15, 0.2) is 0 Å². The second kappa shape index (κ2) is 7.98. The summed E-state index contributed by atoms with van der Waals surface area (Å²) in [4.78, 5) is 2.22. The van der Waals surface area contributed by atoms with Crippen molar-refractivity contribution in [2.24, 2.45) is 0 Å². The first-order valence-electron chi connectivity index (χ1n) is 7.35. The van der Waals surface area contributed by atoms with Gasteiger partial charge in [0.2, 0.25) is 0 Å². The summed E-state index contributed by atoms with van der Waals surface area (Å²) >= 11 is 12.1. The summed E-state index contributed by atoms with van der Waals surface area (Å²) in [7, 11) is 4.20. The zero-order valence-electron chi connectivity index (χ0n) is 13.2. The van der Waals surface area contributed by atoms with Crippen LogP contribution in [0.2, 0.25) is 10.0 Å². The van der Waals surface area contributed by atoms with Crippen LogP contribution < -0.4 is 5.32 Å². The van der Waals surface area contributed by atoms with Crippen molar-refractivity contribution >= 4 is 23.2 Å². The molecule has 0 heterocycles. The van der Waals surface area contributed by atoms with Crippen LogP contribution in [0.15, 0.2) is 42.5 Å². The SMILES string of the molecule is Cc1ccc(C(CNCc2ccc(Cl)cc2Cl)N(C)C)cc1. The predicted molar refractivity (Wildman–Crippen MR) is 95.8 cm³/mol. The highest BCUT2D eigenvalue weighted by Crippen LogP contribution is 2.22. The number of halogens is 2. The van der Waals surface area contributed by atoms with Gasteiger partial charge < -0.3 is 10.2 Å². The topological polar surface area (TPSA) is 15.3 Å². The van der Waals surface area contributed by atoms with Crippen molar-refractivity contribution in [2.45, 2.75) is 19.5 Å². The molecule has 4 heteroatoms. The molecule has 2 rings (SSSR count). The summed E-state index contributed by atoms with van der Waals surface area (Å²) in [5, 5.41) is 4.86. The van der Waals surface area contributed by atoms with E-state index in [-0.39, 0.29) is 0 Å². The van der Waals surface area contributed by atoms with E-state index in [1.165, 1.54) is 11.1 Å². The average Bonchev–Trinajstić information content (AvgIpc) is 2.46. The Balaban J connectivity index is 1.99. The second-order valence-corrected chi connectivity index (χ2v) is 6.60. The molecule has 1 atom stereocenters. The maximum absolute atomic E-state index is 6.21. The predicted octanol–water partition coefficient (Wildman–Crippen LogP) is 4.69. The van der Waals surface area contributed by atoms with Crippen molar-refractivity contribution in [3.05, 3.63) is 69.2 Å². The number of hydrogen-bond donors (Lipinski definition) is 1. The van der Waals surface area contributed by atoms with Gasteiger partial charge in [-0.15, -0.1) is 0 Å². The number of benzene rings is 2. The maximum Gasteiger partial charge on any atom is 0.0466 e. The molecule has 0 aliphatic carbocycles. The first kappa shape index (κ1) is 17.3. The van der Waals surface area contributed by atoms with Crippen molar-refractivity contribution in [1.29, 1.82) is 0 Å². The highest BCUT2D eigenvalue weighted by molar-refractivity contribution is 6.35. The molecule has 0 bridgehead atoms. The number of aryl methyl sites for hydroxylation is 1. The summed E-state index contributed by atoms with van der Waals surface area (Å²) in [6.45, 7) is 3.69. The number of likely N-dealkylation sites (N-methyl/N-ethyl adjacent to an activating group) is 1. The lowest BCUT2D eigenvalue weighted by Gasteiger charge is -2.25. The summed E-state index contributed by atoms with van der Waals surface area (Å²) < 4.78 is 0. The van der Waals surface area contributed by atoms with E-state index in [0.29, 0.717) is 16.1 Å². The Hall–Kier alpha value is -1.06. The van der Waals surface area contributed by atoms with Crippen LogP contribution in [0.4, 0.5) is 0 Å². The molecule has 118 valence electrons. The zero-order chi connectivity index (χ0) is 16.1. The van der Waals surface area contributed by atoms with Crippen LogP contribution in [0.25, 0.3) is 0 Å². The van der Waals surface area contributed by atoms with Crippen LogP contribution in [0.3, 0.4) is 0 Å². The number of nitrogens with one attached hydrogen (secondary N) is 1. The molecule has 0 spiro atoms. The quantitative estimate of drug-likeness (QED) is 0.822. The molecule has 0 saturated carbocycles. The monoisotopic (exact) mass is 336 g/mol. The van der Waals surface area contributed by atoms with Crippen LogP contribution >= 0.6 is 23.2 Å². The minimum absolute atomic E-state index is 0.326. The molecule has 2 nitrogen and oxygen atoms in total. The fraction of sp³-hybridized carbons (Fsp3) is 0.333. The Morgan fingerprint density at radius 2 is 1.73 bits per heavy atom. The van der Waals surface area contributed by atoms with Crippen LogP contribution in [-0.2, 0) is 6.54 Å². The molecule has 0 amide bonds. The average molecular weight is 337 g/mol. The van der Waals surface area contributed by atoms with Crippen molar-refractivity contribution in [3.8, 4) is 0 Å². The molecule has 2 aromatic carbocycles. The van der Waals surface area contributed by atoms with Gasteiger partial charge in [-0.25, -0.2) is 0 Å². The van der Waals surface area contributed by atoms with Gasteiger partial charge in [-0.3, -0.25) is 0 Å². The van der Waals surface area contributed by atoms with E-state index in [2.05, 4.69) is 55.5 Å². The van der Waals surface area contributed by atoms with Gasteiger partial charge in [0.25, 0.3) is 0 Å². The molecule has 0 aliphatic rings. The molecule has 0 saturated heterocycles. The summed E-state index contributed by atoms with van der Waals surface area (Å²) in [5.74, 6) is 0. The van der Waals surface area contributed by atoms with Crippen LogP contribution in [0.5, 0.6) is 0 Å². The van der Waals surface area contributed by atoms with Gasteiger partial charge in [0.05, 0.1) is 0 Å². The maximum atomic E-state index is 6.21. The smallest absolute Gasteiger partial charge is 0.0466 e. The highest BCUT2D eigenvalue weighted by atomic mass is 35.5. The lowest BCUT2D eigenvalue weighted by molar-refractivity contribution is 0.288. The first-order valence-corrected chi connectivity index (χ1v) is 8.10. The Labute approximate surface area is 143 Å². The third-order valence-electron chi connectivity index (χ3n) is 3.75. The van der Waals surface area contributed by atoms with E-state index in [0.717, 1.165) is 18.7 Å². The van der Waals surface area contributed by atoms with Crippen LogP contribution in [0, 0.1) is 6.92 Å². The van der Waals surface area contributed by atoms with Gasteiger partial charge in [0, 0.05) is 29.2 Å². The minimum Gasteiger partial charge on any atom is -0.311 e. The first-order chi connectivity index (χ1) is 10.5. The van der Waals surface area contributed by atoms with Gasteiger partial charge in [-0.2, -0.15) is 0 Å². The molecule has 0 aromatic heterocycles. The molecule has 0 fully saturated rings. The highest BCUT2D eigenvalue weighted by Gasteiger charge is 2.13. The van der Waals surface area contributed by atoms with Crippen LogP contribution in [-0.4, -0.2) is 25.5 Å². The standard InChI is InChI=1S/C18H22Cl2N2/c1-13-4-6-14(7-5-13)18(22(2)3)12-21-11-15-8-9-16(19)10-17(15)20/h4-10,18,21H,11-12H2,1-3H3. The Bertz CT molecular complexity index is 609. The molecular weight excluding hydrogens is 315 g/mol. The van der Waals surface area contributed by atoms with E-state index in [1.807, 2.05) is 12.1 Å². The molecule has 0 aliphatic heterocycles. The Morgan fingerprint density at radius 1 is 1.05 bits per heavy atom. The molecule has 2 aromatic rings.